The summed E-state index contributed by atoms with van der Waals surface area (Å²) in [6, 6.07) is 7.17. The molecule has 17 N–H and O–H groups in total. The number of aliphatic hydroxyl groups excluding tert-OH is 1. The quantitative estimate of drug-likeness (QED) is 0.0279. The number of nitrogens with two attached hydrogens (primary N) is 4. The predicted octanol–water partition coefficient (Wildman–Crippen LogP) is -2.56. The van der Waals surface area contributed by atoms with Crippen LogP contribution in [0.5, 0.6) is 0 Å². The summed E-state index contributed by atoms with van der Waals surface area (Å²) in [5, 5.41) is 27.9. The van der Waals surface area contributed by atoms with Gasteiger partial charge in [0, 0.05) is 37.6 Å². The normalized spacial score (nSPS) is 14.4. The van der Waals surface area contributed by atoms with Gasteiger partial charge < -0.3 is 70.2 Å². The lowest BCUT2D eigenvalue weighted by molar-refractivity contribution is -0.136. The summed E-state index contributed by atoms with van der Waals surface area (Å²) >= 11 is 1.39. The number of H-pyrrole nitrogens is 1. The number of imidazole rings is 1. The number of carbonyl (C=O) groups is 9. The number of nitrogens with zero attached hydrogens (tertiary/aromatic N) is 1. The van der Waals surface area contributed by atoms with Gasteiger partial charge in [-0.2, -0.15) is 11.8 Å². The third-order valence-electron chi connectivity index (χ3n) is 11.4. The summed E-state index contributed by atoms with van der Waals surface area (Å²) in [4.78, 5) is 129. The number of unbranched alkanes of at least 4 members (excludes halogenated alkanes) is 1. The van der Waals surface area contributed by atoms with E-state index in [1.165, 1.54) is 24.3 Å². The van der Waals surface area contributed by atoms with Crippen LogP contribution in [0.15, 0.2) is 73.2 Å². The lowest BCUT2D eigenvalue weighted by atomic mass is 10.0. The molecule has 9 amide bonds. The molecular formula is C48H71N13O10S. The Morgan fingerprint density at radius 2 is 1.08 bits per heavy atom. The molecule has 0 bridgehead atoms. The number of aromatic amines is 1. The van der Waals surface area contributed by atoms with E-state index in [9.17, 15) is 48.3 Å². The van der Waals surface area contributed by atoms with E-state index in [4.69, 9.17) is 22.9 Å². The van der Waals surface area contributed by atoms with Gasteiger partial charge in [-0.05, 0) is 67.7 Å². The maximum Gasteiger partial charge on any atom is 0.243 e. The van der Waals surface area contributed by atoms with Crippen LogP contribution in [0.3, 0.4) is 0 Å². The Labute approximate surface area is 423 Å². The molecule has 0 spiro atoms. The minimum Gasteiger partial charge on any atom is -0.394 e. The zero-order chi connectivity index (χ0) is 53.2. The number of hydrogen-bond acceptors (Lipinski definition) is 14. The van der Waals surface area contributed by atoms with Crippen molar-refractivity contribution in [2.75, 3.05) is 25.2 Å². The standard InChI is InChI=1S/C48H71N13O10S/c1-28(2)40(61-42(65)32(50)26-62)48(71)57-33(16-10-11-20-49)43(66)55-34(17-18-39(51)63)44(67)59-37(23-30-14-8-5-9-15-30)46(69)56-35(19-21-72-3)45(68)60-38(24-31-25-53-27-54-31)47(70)58-36(41(52)64)22-29-12-6-4-7-13-29/h4-9,12-15,25,27-28,32-38,40,62H,10-11,16-24,26,49-50H2,1-3H3,(H2,51,63)(H2,52,64)(H,53,54)(H,55,66)(H,56,69)(H,57,71)(H,58,70)(H,59,67)(H,60,68)(H,61,65)/t32-,33-,34-,35-,36-,37-,38-,40-/m0/s1. The minimum absolute atomic E-state index is 0.0518. The van der Waals surface area contributed by atoms with Crippen molar-refractivity contribution in [3.63, 3.8) is 0 Å². The van der Waals surface area contributed by atoms with E-state index < -0.39 is 114 Å². The first-order valence-electron chi connectivity index (χ1n) is 23.7. The van der Waals surface area contributed by atoms with Crippen LogP contribution in [-0.4, -0.2) is 142 Å². The van der Waals surface area contributed by atoms with Crippen LogP contribution >= 0.6 is 11.8 Å². The Morgan fingerprint density at radius 3 is 1.56 bits per heavy atom. The van der Waals surface area contributed by atoms with Crippen molar-refractivity contribution in [3.8, 4) is 0 Å². The fourth-order valence-electron chi connectivity index (χ4n) is 7.28. The van der Waals surface area contributed by atoms with E-state index in [0.717, 1.165) is 5.56 Å². The monoisotopic (exact) mass is 1020 g/mol. The molecule has 8 atom stereocenters. The van der Waals surface area contributed by atoms with E-state index >= 15 is 0 Å². The zero-order valence-electron chi connectivity index (χ0n) is 40.9. The molecule has 1 heterocycles. The van der Waals surface area contributed by atoms with Gasteiger partial charge in [-0.3, -0.25) is 43.2 Å². The number of amides is 9. The van der Waals surface area contributed by atoms with Crippen molar-refractivity contribution in [1.82, 2.24) is 47.2 Å². The van der Waals surface area contributed by atoms with Crippen LogP contribution < -0.4 is 60.2 Å². The Morgan fingerprint density at radius 1 is 0.611 bits per heavy atom. The van der Waals surface area contributed by atoms with Gasteiger partial charge in [0.25, 0.3) is 0 Å². The molecule has 24 heteroatoms. The molecule has 394 valence electrons. The maximum atomic E-state index is 14.4. The van der Waals surface area contributed by atoms with Gasteiger partial charge in [0.15, 0.2) is 0 Å². The van der Waals surface area contributed by atoms with Crippen LogP contribution in [-0.2, 0) is 62.4 Å². The molecule has 3 aromatic rings. The number of thioether (sulfide) groups is 1. The first-order chi connectivity index (χ1) is 34.4. The van der Waals surface area contributed by atoms with Crippen LogP contribution in [0.25, 0.3) is 0 Å². The number of rotatable bonds is 33. The lowest BCUT2D eigenvalue weighted by Crippen LogP contribution is -2.61. The fraction of sp³-hybridized carbons (Fsp3) is 0.500. The first-order valence-corrected chi connectivity index (χ1v) is 25.1. The van der Waals surface area contributed by atoms with Crippen LogP contribution in [0, 0.1) is 5.92 Å². The summed E-state index contributed by atoms with van der Waals surface area (Å²) in [6.45, 7) is 2.90. The maximum absolute atomic E-state index is 14.4. The Kier molecular flexibility index (Phi) is 26.0. The smallest absolute Gasteiger partial charge is 0.243 e. The molecule has 0 aliphatic heterocycles. The van der Waals surface area contributed by atoms with Crippen molar-refractivity contribution in [3.05, 3.63) is 90.0 Å². The number of hydrogen-bond donors (Lipinski definition) is 13. The summed E-state index contributed by atoms with van der Waals surface area (Å²) in [5.41, 5.74) is 24.3. The summed E-state index contributed by atoms with van der Waals surface area (Å²) in [6.07, 6.45) is 4.80. The van der Waals surface area contributed by atoms with Crippen molar-refractivity contribution in [2.24, 2.45) is 28.9 Å². The molecule has 0 unspecified atom stereocenters. The van der Waals surface area contributed by atoms with Gasteiger partial charge >= 0.3 is 0 Å². The fourth-order valence-corrected chi connectivity index (χ4v) is 7.75. The molecule has 0 saturated heterocycles. The SMILES string of the molecule is CSCC[C@H](NC(=O)[C@H](Cc1ccccc1)NC(=O)[C@H](CCC(N)=O)NC(=O)[C@H](CCCCN)NC(=O)[C@@H](NC(=O)[C@@H](N)CO)C(C)C)C(=O)N[C@@H](Cc1cnc[nH]1)C(=O)N[C@@H](Cc1ccccc1)C(N)=O. The highest BCUT2D eigenvalue weighted by Crippen LogP contribution is 2.12. The average molecular weight is 1020 g/mol. The molecule has 0 aliphatic carbocycles. The Balaban J connectivity index is 1.93. The molecule has 2 aromatic carbocycles. The van der Waals surface area contributed by atoms with E-state index in [0.29, 0.717) is 29.9 Å². The van der Waals surface area contributed by atoms with E-state index in [1.807, 2.05) is 0 Å². The molecule has 72 heavy (non-hydrogen) atoms. The average Bonchev–Trinajstić information content (AvgIpc) is 3.87. The molecular weight excluding hydrogens is 951 g/mol. The molecule has 1 aromatic heterocycles. The first kappa shape index (κ1) is 59.4. The van der Waals surface area contributed by atoms with Crippen molar-refractivity contribution in [2.45, 2.75) is 120 Å². The van der Waals surface area contributed by atoms with Gasteiger partial charge in [0.1, 0.15) is 48.3 Å². The second-order valence-electron chi connectivity index (χ2n) is 17.5. The van der Waals surface area contributed by atoms with Gasteiger partial charge in [-0.15, -0.1) is 0 Å². The van der Waals surface area contributed by atoms with Gasteiger partial charge in [-0.1, -0.05) is 74.5 Å². The minimum atomic E-state index is -1.49. The van der Waals surface area contributed by atoms with Gasteiger partial charge in [0.2, 0.25) is 53.2 Å². The highest BCUT2D eigenvalue weighted by atomic mass is 32.2. The molecule has 0 saturated carbocycles. The lowest BCUT2D eigenvalue weighted by Gasteiger charge is -2.28. The molecule has 0 fully saturated rings. The number of benzene rings is 2. The largest absolute Gasteiger partial charge is 0.394 e. The predicted molar refractivity (Wildman–Crippen MR) is 270 cm³/mol. The van der Waals surface area contributed by atoms with Crippen molar-refractivity contribution >= 4 is 64.9 Å². The molecule has 23 nitrogen and oxygen atoms in total. The molecule has 0 radical (unpaired) electrons. The number of aromatic nitrogens is 2. The second kappa shape index (κ2) is 31.4. The number of nitrogens with one attached hydrogen (secondary N) is 8. The van der Waals surface area contributed by atoms with E-state index in [2.05, 4.69) is 47.2 Å². The highest BCUT2D eigenvalue weighted by Gasteiger charge is 2.35. The Hall–Kier alpha value is -6.89. The number of primary amides is 2. The number of aliphatic hydroxyl groups is 1. The van der Waals surface area contributed by atoms with E-state index in [1.54, 1.807) is 80.8 Å². The third kappa shape index (κ3) is 20.8. The Bertz CT molecular complexity index is 2220. The molecule has 0 aliphatic rings. The second-order valence-corrected chi connectivity index (χ2v) is 18.5. The van der Waals surface area contributed by atoms with Crippen LogP contribution in [0.1, 0.15) is 69.2 Å². The summed E-state index contributed by atoms with van der Waals surface area (Å²) in [7, 11) is 0. The van der Waals surface area contributed by atoms with Gasteiger partial charge in [0.05, 0.1) is 12.9 Å². The third-order valence-corrected chi connectivity index (χ3v) is 12.0. The topological polar surface area (TPSA) is 391 Å². The van der Waals surface area contributed by atoms with Crippen molar-refractivity contribution in [1.29, 1.82) is 0 Å². The van der Waals surface area contributed by atoms with Gasteiger partial charge in [-0.25, -0.2) is 4.98 Å². The molecule has 3 rings (SSSR count). The zero-order valence-corrected chi connectivity index (χ0v) is 41.7. The van der Waals surface area contributed by atoms with E-state index in [-0.39, 0.29) is 51.5 Å². The van der Waals surface area contributed by atoms with Crippen LogP contribution in [0.2, 0.25) is 0 Å². The number of carbonyl (C=O) groups excluding carboxylic acids is 9. The highest BCUT2D eigenvalue weighted by molar-refractivity contribution is 7.98. The van der Waals surface area contributed by atoms with Crippen LogP contribution in [0.4, 0.5) is 0 Å². The van der Waals surface area contributed by atoms with Crippen molar-refractivity contribution < 1.29 is 48.3 Å². The summed E-state index contributed by atoms with van der Waals surface area (Å²) in [5.74, 6) is -7.31. The summed E-state index contributed by atoms with van der Waals surface area (Å²) < 4.78 is 0.